The van der Waals surface area contributed by atoms with Gasteiger partial charge in [-0.25, -0.2) is 9.97 Å². The summed E-state index contributed by atoms with van der Waals surface area (Å²) >= 11 is 0. The Balaban J connectivity index is 1.26. The van der Waals surface area contributed by atoms with E-state index in [-0.39, 0.29) is 12.7 Å². The quantitative estimate of drug-likeness (QED) is 0.447. The SMILES string of the molecule is Cc1cccc(-c2cc(Nc3cccc(C(=O)NCc4ccc5c(c4)OCO5)c3)ncn2)c1. The van der Waals surface area contributed by atoms with Gasteiger partial charge in [-0.2, -0.15) is 0 Å². The largest absolute Gasteiger partial charge is 0.454 e. The second-order valence-electron chi connectivity index (χ2n) is 7.73. The van der Waals surface area contributed by atoms with Gasteiger partial charge >= 0.3 is 0 Å². The van der Waals surface area contributed by atoms with Crippen molar-refractivity contribution in [3.05, 3.63) is 95.8 Å². The number of fused-ring (bicyclic) bond motifs is 1. The average molecular weight is 438 g/mol. The van der Waals surface area contributed by atoms with Gasteiger partial charge in [0, 0.05) is 29.4 Å². The van der Waals surface area contributed by atoms with Crippen LogP contribution < -0.4 is 20.1 Å². The minimum atomic E-state index is -0.167. The number of ether oxygens (including phenoxy) is 2. The van der Waals surface area contributed by atoms with Crippen LogP contribution >= 0.6 is 0 Å². The molecule has 0 atom stereocenters. The van der Waals surface area contributed by atoms with Crippen LogP contribution in [0.1, 0.15) is 21.5 Å². The lowest BCUT2D eigenvalue weighted by molar-refractivity contribution is 0.0951. The zero-order valence-corrected chi connectivity index (χ0v) is 18.0. The number of hydrogen-bond donors (Lipinski definition) is 2. The molecular formula is C26H22N4O3. The third-order valence-electron chi connectivity index (χ3n) is 5.27. The van der Waals surface area contributed by atoms with Crippen molar-refractivity contribution in [3.63, 3.8) is 0 Å². The number of carbonyl (C=O) groups excluding carboxylic acids is 1. The first kappa shape index (κ1) is 20.5. The van der Waals surface area contributed by atoms with E-state index < -0.39 is 0 Å². The first-order chi connectivity index (χ1) is 16.1. The molecule has 1 aromatic heterocycles. The molecule has 0 unspecified atom stereocenters. The van der Waals surface area contributed by atoms with Crippen LogP contribution in [-0.4, -0.2) is 22.7 Å². The van der Waals surface area contributed by atoms with Crippen molar-refractivity contribution >= 4 is 17.4 Å². The fourth-order valence-electron chi connectivity index (χ4n) is 3.61. The van der Waals surface area contributed by atoms with Gasteiger partial charge in [-0.15, -0.1) is 0 Å². The lowest BCUT2D eigenvalue weighted by atomic mass is 10.1. The Morgan fingerprint density at radius 2 is 1.82 bits per heavy atom. The van der Waals surface area contributed by atoms with Crippen LogP contribution in [0.3, 0.4) is 0 Å². The zero-order valence-electron chi connectivity index (χ0n) is 18.0. The van der Waals surface area contributed by atoms with Crippen molar-refractivity contribution in [1.29, 1.82) is 0 Å². The van der Waals surface area contributed by atoms with Crippen LogP contribution in [-0.2, 0) is 6.54 Å². The Morgan fingerprint density at radius 1 is 0.939 bits per heavy atom. The molecule has 0 aliphatic carbocycles. The predicted octanol–water partition coefficient (Wildman–Crippen LogP) is 4.85. The molecule has 0 saturated heterocycles. The van der Waals surface area contributed by atoms with Crippen molar-refractivity contribution < 1.29 is 14.3 Å². The van der Waals surface area contributed by atoms with E-state index >= 15 is 0 Å². The highest BCUT2D eigenvalue weighted by Gasteiger charge is 2.14. The molecule has 0 spiro atoms. The van der Waals surface area contributed by atoms with Crippen molar-refractivity contribution in [2.24, 2.45) is 0 Å². The number of nitrogens with one attached hydrogen (secondary N) is 2. The fourth-order valence-corrected chi connectivity index (χ4v) is 3.61. The van der Waals surface area contributed by atoms with Crippen molar-refractivity contribution in [3.8, 4) is 22.8 Å². The minimum absolute atomic E-state index is 0.167. The Hall–Kier alpha value is -4.39. The zero-order chi connectivity index (χ0) is 22.6. The predicted molar refractivity (Wildman–Crippen MR) is 126 cm³/mol. The molecular weight excluding hydrogens is 416 g/mol. The van der Waals surface area contributed by atoms with Gasteiger partial charge in [-0.1, -0.05) is 35.9 Å². The second kappa shape index (κ2) is 9.00. The van der Waals surface area contributed by atoms with Crippen LogP contribution in [0.25, 0.3) is 11.3 Å². The van der Waals surface area contributed by atoms with Gasteiger partial charge in [0.25, 0.3) is 5.91 Å². The summed E-state index contributed by atoms with van der Waals surface area (Å²) in [5, 5.41) is 6.21. The monoisotopic (exact) mass is 438 g/mol. The highest BCUT2D eigenvalue weighted by Crippen LogP contribution is 2.32. The minimum Gasteiger partial charge on any atom is -0.454 e. The maximum atomic E-state index is 12.7. The normalized spacial score (nSPS) is 11.8. The lowest BCUT2D eigenvalue weighted by Gasteiger charge is -2.10. The summed E-state index contributed by atoms with van der Waals surface area (Å²) < 4.78 is 10.7. The number of benzene rings is 3. The number of rotatable bonds is 6. The molecule has 3 aromatic carbocycles. The summed E-state index contributed by atoms with van der Waals surface area (Å²) in [7, 11) is 0. The van der Waals surface area contributed by atoms with Crippen LogP contribution in [0, 0.1) is 6.92 Å². The van der Waals surface area contributed by atoms with E-state index in [0.717, 1.165) is 28.3 Å². The van der Waals surface area contributed by atoms with Crippen molar-refractivity contribution in [1.82, 2.24) is 15.3 Å². The number of amides is 1. The highest BCUT2D eigenvalue weighted by molar-refractivity contribution is 5.95. The smallest absolute Gasteiger partial charge is 0.251 e. The highest BCUT2D eigenvalue weighted by atomic mass is 16.7. The number of aromatic nitrogens is 2. The van der Waals surface area contributed by atoms with E-state index in [4.69, 9.17) is 9.47 Å². The molecule has 0 bridgehead atoms. The van der Waals surface area contributed by atoms with Gasteiger partial charge < -0.3 is 20.1 Å². The molecule has 7 heteroatoms. The van der Waals surface area contributed by atoms with E-state index in [1.165, 1.54) is 11.9 Å². The Bertz CT molecular complexity index is 1320. The van der Waals surface area contributed by atoms with Crippen LogP contribution in [0.5, 0.6) is 11.5 Å². The summed E-state index contributed by atoms with van der Waals surface area (Å²) in [4.78, 5) is 21.4. The molecule has 33 heavy (non-hydrogen) atoms. The van der Waals surface area contributed by atoms with Crippen molar-refractivity contribution in [2.75, 3.05) is 12.1 Å². The molecule has 164 valence electrons. The average Bonchev–Trinajstić information content (AvgIpc) is 3.31. The molecule has 5 rings (SSSR count). The molecule has 0 saturated carbocycles. The molecule has 4 aromatic rings. The standard InChI is InChI=1S/C26H22N4O3/c1-17-4-2-5-19(10-17)22-13-25(29-15-28-22)30-21-7-3-6-20(12-21)26(31)27-14-18-8-9-23-24(11-18)33-16-32-23/h2-13,15H,14,16H2,1H3,(H,27,31)(H,28,29,30). The number of carbonyl (C=O) groups is 1. The Labute approximate surface area is 191 Å². The van der Waals surface area contributed by atoms with Crippen LogP contribution in [0.2, 0.25) is 0 Å². The van der Waals surface area contributed by atoms with E-state index in [9.17, 15) is 4.79 Å². The number of anilines is 2. The van der Waals surface area contributed by atoms with E-state index in [2.05, 4.69) is 26.7 Å². The van der Waals surface area contributed by atoms with Crippen LogP contribution in [0.4, 0.5) is 11.5 Å². The lowest BCUT2D eigenvalue weighted by Crippen LogP contribution is -2.22. The molecule has 1 aliphatic heterocycles. The molecule has 2 N–H and O–H groups in total. The summed E-state index contributed by atoms with van der Waals surface area (Å²) in [6.45, 7) is 2.66. The molecule has 1 amide bonds. The van der Waals surface area contributed by atoms with Gasteiger partial charge in [0.2, 0.25) is 6.79 Å². The fraction of sp³-hybridized carbons (Fsp3) is 0.115. The van der Waals surface area contributed by atoms with Gasteiger partial charge in [0.15, 0.2) is 11.5 Å². The third kappa shape index (κ3) is 4.77. The Morgan fingerprint density at radius 3 is 2.73 bits per heavy atom. The van der Waals surface area contributed by atoms with E-state index in [0.29, 0.717) is 23.7 Å². The summed E-state index contributed by atoms with van der Waals surface area (Å²) in [5.41, 5.74) is 5.27. The van der Waals surface area contributed by atoms with Gasteiger partial charge in [-0.05, 0) is 48.9 Å². The van der Waals surface area contributed by atoms with Gasteiger partial charge in [0.05, 0.1) is 5.69 Å². The topological polar surface area (TPSA) is 85.4 Å². The van der Waals surface area contributed by atoms with E-state index in [1.807, 2.05) is 61.5 Å². The van der Waals surface area contributed by atoms with Gasteiger partial charge in [-0.3, -0.25) is 4.79 Å². The summed E-state index contributed by atoms with van der Waals surface area (Å²) in [6.07, 6.45) is 1.53. The Kier molecular flexibility index (Phi) is 5.59. The molecule has 1 aliphatic rings. The maximum Gasteiger partial charge on any atom is 0.251 e. The number of aryl methyl sites for hydroxylation is 1. The number of hydrogen-bond acceptors (Lipinski definition) is 6. The molecule has 2 heterocycles. The van der Waals surface area contributed by atoms with Crippen LogP contribution in [0.15, 0.2) is 79.1 Å². The van der Waals surface area contributed by atoms with Crippen molar-refractivity contribution in [2.45, 2.75) is 13.5 Å². The van der Waals surface area contributed by atoms with Gasteiger partial charge in [0.1, 0.15) is 12.1 Å². The molecule has 0 fully saturated rings. The van der Waals surface area contributed by atoms with E-state index in [1.54, 1.807) is 12.1 Å². The second-order valence-corrected chi connectivity index (χ2v) is 7.73. The summed E-state index contributed by atoms with van der Waals surface area (Å²) in [5.74, 6) is 1.90. The first-order valence-corrected chi connectivity index (χ1v) is 10.6. The third-order valence-corrected chi connectivity index (χ3v) is 5.27. The first-order valence-electron chi connectivity index (χ1n) is 10.6. The number of nitrogens with zero attached hydrogens (tertiary/aromatic N) is 2. The maximum absolute atomic E-state index is 12.7. The summed E-state index contributed by atoms with van der Waals surface area (Å²) in [6, 6.07) is 23.0. The molecule has 0 radical (unpaired) electrons. The molecule has 7 nitrogen and oxygen atoms in total.